The lowest BCUT2D eigenvalue weighted by Gasteiger charge is -2.07. The van der Waals surface area contributed by atoms with Gasteiger partial charge < -0.3 is 10.5 Å². The molecule has 0 aliphatic rings. The number of nitrogens with two attached hydrogens (primary N) is 1. The van der Waals surface area contributed by atoms with Gasteiger partial charge in [0.05, 0.1) is 34.6 Å². The maximum absolute atomic E-state index is 11.6. The minimum absolute atomic E-state index is 0.126. The number of aromatic nitrogens is 2. The Bertz CT molecular complexity index is 780. The Morgan fingerprint density at radius 3 is 2.71 bits per heavy atom. The average Bonchev–Trinajstić information content (AvgIpc) is 2.87. The van der Waals surface area contributed by atoms with E-state index in [1.54, 1.807) is 6.92 Å². The normalized spacial score (nSPS) is 11.3. The topological polar surface area (TPSA) is 104 Å². The van der Waals surface area contributed by atoms with E-state index in [1.165, 1.54) is 35.3 Å². The highest BCUT2D eigenvalue weighted by molar-refractivity contribution is 7.90. The molecule has 0 amide bonds. The number of benzene rings is 1. The fourth-order valence-electron chi connectivity index (χ4n) is 1.75. The first kappa shape index (κ1) is 15.0. The van der Waals surface area contributed by atoms with E-state index in [9.17, 15) is 13.2 Å². The standard InChI is InChI=1S/C13H15N3O4S/c1-3-20-13(17)9-7-15-16(8-9)12-5-4-10(6-11(12)14)21(2,18)19/h4-8H,3,14H2,1-2H3. The zero-order valence-electron chi connectivity index (χ0n) is 11.6. The maximum Gasteiger partial charge on any atom is 0.341 e. The molecule has 2 aromatic rings. The molecule has 0 saturated heterocycles. The van der Waals surface area contributed by atoms with E-state index in [0.717, 1.165) is 6.26 Å². The van der Waals surface area contributed by atoms with E-state index < -0.39 is 15.8 Å². The minimum Gasteiger partial charge on any atom is -0.462 e. The SMILES string of the molecule is CCOC(=O)c1cnn(-c2ccc(S(C)(=O)=O)cc2N)c1. The van der Waals surface area contributed by atoms with E-state index in [0.29, 0.717) is 11.3 Å². The van der Waals surface area contributed by atoms with Gasteiger partial charge in [0.1, 0.15) is 0 Å². The quantitative estimate of drug-likeness (QED) is 0.668. The third-order valence-electron chi connectivity index (χ3n) is 2.77. The van der Waals surface area contributed by atoms with Crippen LogP contribution in [0.2, 0.25) is 0 Å². The van der Waals surface area contributed by atoms with Crippen LogP contribution in [0.25, 0.3) is 5.69 Å². The number of anilines is 1. The molecule has 1 aromatic heterocycles. The highest BCUT2D eigenvalue weighted by Crippen LogP contribution is 2.21. The van der Waals surface area contributed by atoms with Crippen LogP contribution in [0.5, 0.6) is 0 Å². The second-order valence-corrected chi connectivity index (χ2v) is 6.40. The fourth-order valence-corrected chi connectivity index (χ4v) is 2.40. The molecule has 0 bridgehead atoms. The summed E-state index contributed by atoms with van der Waals surface area (Å²) in [5.41, 5.74) is 6.88. The summed E-state index contributed by atoms with van der Waals surface area (Å²) in [6, 6.07) is 4.33. The van der Waals surface area contributed by atoms with Crippen LogP contribution in [0, 0.1) is 0 Å². The van der Waals surface area contributed by atoms with Crippen LogP contribution >= 0.6 is 0 Å². The smallest absolute Gasteiger partial charge is 0.341 e. The number of hydrogen-bond donors (Lipinski definition) is 1. The van der Waals surface area contributed by atoms with E-state index in [-0.39, 0.29) is 17.2 Å². The summed E-state index contributed by atoms with van der Waals surface area (Å²) in [7, 11) is -3.32. The molecule has 21 heavy (non-hydrogen) atoms. The Kier molecular flexibility index (Phi) is 3.99. The van der Waals surface area contributed by atoms with Gasteiger partial charge in [0, 0.05) is 12.5 Å². The number of ether oxygens (including phenoxy) is 1. The Morgan fingerprint density at radius 1 is 1.43 bits per heavy atom. The average molecular weight is 309 g/mol. The molecule has 1 aromatic carbocycles. The third-order valence-corrected chi connectivity index (χ3v) is 3.88. The molecule has 0 aliphatic heterocycles. The lowest BCUT2D eigenvalue weighted by Crippen LogP contribution is -2.05. The first-order valence-electron chi connectivity index (χ1n) is 6.14. The molecule has 7 nitrogen and oxygen atoms in total. The van der Waals surface area contributed by atoms with E-state index in [1.807, 2.05) is 0 Å². The predicted molar refractivity (Wildman–Crippen MR) is 77.0 cm³/mol. The van der Waals surface area contributed by atoms with Crippen molar-refractivity contribution in [1.29, 1.82) is 0 Å². The van der Waals surface area contributed by atoms with Crippen molar-refractivity contribution in [2.24, 2.45) is 0 Å². The van der Waals surface area contributed by atoms with Gasteiger partial charge >= 0.3 is 5.97 Å². The van der Waals surface area contributed by atoms with Crippen LogP contribution in [0.3, 0.4) is 0 Å². The molecule has 0 aliphatic carbocycles. The lowest BCUT2D eigenvalue weighted by molar-refractivity contribution is 0.0526. The molecule has 112 valence electrons. The molecule has 0 atom stereocenters. The highest BCUT2D eigenvalue weighted by atomic mass is 32.2. The van der Waals surface area contributed by atoms with Gasteiger partial charge in [-0.2, -0.15) is 5.10 Å². The van der Waals surface area contributed by atoms with Gasteiger partial charge in [-0.25, -0.2) is 17.9 Å². The van der Waals surface area contributed by atoms with Crippen LogP contribution in [-0.2, 0) is 14.6 Å². The summed E-state index contributed by atoms with van der Waals surface area (Å²) in [4.78, 5) is 11.7. The van der Waals surface area contributed by atoms with E-state index >= 15 is 0 Å². The number of carbonyl (C=O) groups excluding carboxylic acids is 1. The summed E-state index contributed by atoms with van der Waals surface area (Å²) >= 11 is 0. The van der Waals surface area contributed by atoms with Crippen molar-refractivity contribution >= 4 is 21.5 Å². The summed E-state index contributed by atoms with van der Waals surface area (Å²) < 4.78 is 29.2. The van der Waals surface area contributed by atoms with Crippen molar-refractivity contribution in [3.8, 4) is 5.69 Å². The molecule has 0 radical (unpaired) electrons. The van der Waals surface area contributed by atoms with Crippen molar-refractivity contribution in [1.82, 2.24) is 9.78 Å². The van der Waals surface area contributed by atoms with E-state index in [4.69, 9.17) is 10.5 Å². The summed E-state index contributed by atoms with van der Waals surface area (Å²) in [6.45, 7) is 1.99. The summed E-state index contributed by atoms with van der Waals surface area (Å²) in [5, 5.41) is 4.03. The van der Waals surface area contributed by atoms with Crippen molar-refractivity contribution in [2.75, 3.05) is 18.6 Å². The number of nitrogens with zero attached hydrogens (tertiary/aromatic N) is 2. The number of nitrogen functional groups attached to an aromatic ring is 1. The first-order chi connectivity index (χ1) is 9.82. The van der Waals surface area contributed by atoms with Crippen molar-refractivity contribution < 1.29 is 17.9 Å². The molecule has 0 spiro atoms. The zero-order valence-corrected chi connectivity index (χ0v) is 12.4. The molecular weight excluding hydrogens is 294 g/mol. The summed E-state index contributed by atoms with van der Waals surface area (Å²) in [5.74, 6) is -0.477. The molecular formula is C13H15N3O4S. The van der Waals surface area contributed by atoms with Crippen LogP contribution < -0.4 is 5.73 Å². The number of carbonyl (C=O) groups is 1. The Balaban J connectivity index is 2.37. The van der Waals surface area contributed by atoms with Gasteiger partial charge in [0.25, 0.3) is 0 Å². The van der Waals surface area contributed by atoms with Crippen LogP contribution in [0.4, 0.5) is 5.69 Å². The van der Waals surface area contributed by atoms with Crippen molar-refractivity contribution in [3.63, 3.8) is 0 Å². The van der Waals surface area contributed by atoms with Gasteiger partial charge in [-0.3, -0.25) is 0 Å². The van der Waals surface area contributed by atoms with Crippen LogP contribution in [0.15, 0.2) is 35.5 Å². The first-order valence-corrected chi connectivity index (χ1v) is 8.04. The molecule has 0 fully saturated rings. The highest BCUT2D eigenvalue weighted by Gasteiger charge is 2.13. The van der Waals surface area contributed by atoms with Gasteiger partial charge in [-0.15, -0.1) is 0 Å². The van der Waals surface area contributed by atoms with Gasteiger partial charge in [0.2, 0.25) is 0 Å². The molecule has 0 saturated carbocycles. The number of esters is 1. The minimum atomic E-state index is -3.32. The van der Waals surface area contributed by atoms with Gasteiger partial charge in [-0.05, 0) is 25.1 Å². The second kappa shape index (κ2) is 5.57. The summed E-state index contributed by atoms with van der Waals surface area (Å²) in [6.07, 6.45) is 3.94. The number of hydrogen-bond acceptors (Lipinski definition) is 6. The second-order valence-electron chi connectivity index (χ2n) is 4.39. The fraction of sp³-hybridized carbons (Fsp3) is 0.231. The molecule has 2 rings (SSSR count). The number of rotatable bonds is 4. The van der Waals surface area contributed by atoms with Gasteiger partial charge in [0.15, 0.2) is 9.84 Å². The molecule has 1 heterocycles. The van der Waals surface area contributed by atoms with Crippen molar-refractivity contribution in [2.45, 2.75) is 11.8 Å². The van der Waals surface area contributed by atoms with Crippen LogP contribution in [-0.4, -0.2) is 37.0 Å². The largest absolute Gasteiger partial charge is 0.462 e. The molecule has 8 heteroatoms. The van der Waals surface area contributed by atoms with E-state index in [2.05, 4.69) is 5.10 Å². The Hall–Kier alpha value is -2.35. The number of sulfone groups is 1. The van der Waals surface area contributed by atoms with Crippen LogP contribution in [0.1, 0.15) is 17.3 Å². The Labute approximate surface area is 122 Å². The monoisotopic (exact) mass is 309 g/mol. The maximum atomic E-state index is 11.6. The Morgan fingerprint density at radius 2 is 2.14 bits per heavy atom. The van der Waals surface area contributed by atoms with Gasteiger partial charge in [-0.1, -0.05) is 0 Å². The third kappa shape index (κ3) is 3.22. The molecule has 2 N–H and O–H groups in total. The zero-order chi connectivity index (χ0) is 15.6. The predicted octanol–water partition coefficient (Wildman–Crippen LogP) is 1.03. The van der Waals surface area contributed by atoms with Crippen molar-refractivity contribution in [3.05, 3.63) is 36.2 Å². The molecule has 0 unspecified atom stereocenters. The lowest BCUT2D eigenvalue weighted by atomic mass is 10.2.